The molecular weight excluding hydrogens is 210 g/mol. The highest BCUT2D eigenvalue weighted by molar-refractivity contribution is 5.79. The van der Waals surface area contributed by atoms with E-state index in [-0.39, 0.29) is 0 Å². The summed E-state index contributed by atoms with van der Waals surface area (Å²) < 4.78 is 0. The molecule has 2 saturated heterocycles. The summed E-state index contributed by atoms with van der Waals surface area (Å²) in [5, 5.41) is 0. The zero-order chi connectivity index (χ0) is 12.4. The van der Waals surface area contributed by atoms with Gasteiger partial charge in [-0.2, -0.15) is 0 Å². The first-order chi connectivity index (χ1) is 8.22. The third kappa shape index (κ3) is 2.23. The number of piperidine rings is 1. The summed E-state index contributed by atoms with van der Waals surface area (Å²) >= 11 is 0. The second-order valence-corrected chi connectivity index (χ2v) is 5.84. The van der Waals surface area contributed by atoms with E-state index in [2.05, 4.69) is 25.7 Å². The van der Waals surface area contributed by atoms with Crippen molar-refractivity contribution in [3.8, 4) is 0 Å². The molecule has 17 heavy (non-hydrogen) atoms. The van der Waals surface area contributed by atoms with E-state index in [1.807, 2.05) is 0 Å². The van der Waals surface area contributed by atoms with Crippen molar-refractivity contribution in [3.63, 3.8) is 0 Å². The Hall–Kier alpha value is -0.530. The molecule has 2 aliphatic heterocycles. The van der Waals surface area contributed by atoms with Gasteiger partial charge in [0.25, 0.3) is 0 Å². The minimum absolute atomic E-state index is 0.435. The average Bonchev–Trinajstić information content (AvgIpc) is 2.72. The molecule has 4 atom stereocenters. The smallest absolute Gasteiger partial charge is 0.223 e. The Bertz CT molecular complexity index is 276. The minimum atomic E-state index is 0.435. The molecule has 0 radical (unpaired) electrons. The van der Waals surface area contributed by atoms with Crippen molar-refractivity contribution in [2.75, 3.05) is 0 Å². The lowest BCUT2D eigenvalue weighted by atomic mass is 9.75. The van der Waals surface area contributed by atoms with Crippen molar-refractivity contribution >= 4 is 5.91 Å². The maximum atomic E-state index is 12.1. The summed E-state index contributed by atoms with van der Waals surface area (Å²) in [6, 6.07) is 1.12. The van der Waals surface area contributed by atoms with Crippen LogP contribution in [0, 0.1) is 11.8 Å². The summed E-state index contributed by atoms with van der Waals surface area (Å²) in [5.74, 6) is 1.95. The molecule has 2 aliphatic rings. The van der Waals surface area contributed by atoms with Gasteiger partial charge in [0.2, 0.25) is 5.91 Å². The van der Waals surface area contributed by atoms with Crippen molar-refractivity contribution in [1.82, 2.24) is 4.90 Å². The minimum Gasteiger partial charge on any atom is -0.336 e. The monoisotopic (exact) mass is 237 g/mol. The molecule has 0 aromatic carbocycles. The lowest BCUT2D eigenvalue weighted by Crippen LogP contribution is -2.53. The summed E-state index contributed by atoms with van der Waals surface area (Å²) in [6.07, 6.45) is 8.16. The number of carbonyl (C=O) groups excluding carboxylic acids is 1. The van der Waals surface area contributed by atoms with Gasteiger partial charge in [-0.1, -0.05) is 40.0 Å². The first-order valence-electron chi connectivity index (χ1n) is 7.54. The van der Waals surface area contributed by atoms with Crippen molar-refractivity contribution in [2.45, 2.75) is 77.8 Å². The van der Waals surface area contributed by atoms with E-state index in [0.717, 1.165) is 24.7 Å². The van der Waals surface area contributed by atoms with Gasteiger partial charge in [-0.05, 0) is 31.1 Å². The molecule has 0 aromatic rings. The molecule has 2 nitrogen and oxygen atoms in total. The molecule has 0 bridgehead atoms. The lowest BCUT2D eigenvalue weighted by Gasteiger charge is -2.47. The summed E-state index contributed by atoms with van der Waals surface area (Å²) in [4.78, 5) is 14.4. The predicted molar refractivity (Wildman–Crippen MR) is 70.7 cm³/mol. The number of carbonyl (C=O) groups is 1. The Kier molecular flexibility index (Phi) is 4.11. The van der Waals surface area contributed by atoms with Gasteiger partial charge in [0.1, 0.15) is 0 Å². The fourth-order valence-electron chi connectivity index (χ4n) is 4.10. The highest BCUT2D eigenvalue weighted by Crippen LogP contribution is 2.42. The average molecular weight is 237 g/mol. The maximum absolute atomic E-state index is 12.1. The first kappa shape index (κ1) is 12.9. The molecular formula is C15H27NO. The van der Waals surface area contributed by atoms with Gasteiger partial charge in [0.15, 0.2) is 0 Å². The van der Waals surface area contributed by atoms with E-state index in [1.54, 1.807) is 0 Å². The SMILES string of the molecule is CCC[C@@H]1[C@H](CC)C[C@H](CC)[C@@H]2CCC(=O)N12. The van der Waals surface area contributed by atoms with Crippen LogP contribution in [-0.2, 0) is 4.79 Å². The van der Waals surface area contributed by atoms with E-state index < -0.39 is 0 Å². The van der Waals surface area contributed by atoms with Gasteiger partial charge in [-0.25, -0.2) is 0 Å². The van der Waals surface area contributed by atoms with E-state index in [4.69, 9.17) is 0 Å². The second-order valence-electron chi connectivity index (χ2n) is 5.84. The molecule has 2 fully saturated rings. The predicted octanol–water partition coefficient (Wildman–Crippen LogP) is 3.60. The largest absolute Gasteiger partial charge is 0.336 e. The van der Waals surface area contributed by atoms with Crippen molar-refractivity contribution in [1.29, 1.82) is 0 Å². The molecule has 2 heterocycles. The molecule has 0 N–H and O–H groups in total. The normalized spacial score (nSPS) is 37.4. The van der Waals surface area contributed by atoms with Crippen LogP contribution in [0.5, 0.6) is 0 Å². The molecule has 0 unspecified atom stereocenters. The maximum Gasteiger partial charge on any atom is 0.223 e. The second kappa shape index (κ2) is 5.41. The third-order valence-corrected chi connectivity index (χ3v) is 4.98. The van der Waals surface area contributed by atoms with Gasteiger partial charge in [0.05, 0.1) is 0 Å². The summed E-state index contributed by atoms with van der Waals surface area (Å²) in [7, 11) is 0. The van der Waals surface area contributed by atoms with E-state index >= 15 is 0 Å². The van der Waals surface area contributed by atoms with E-state index in [0.29, 0.717) is 18.0 Å². The molecule has 0 aromatic heterocycles. The fraction of sp³-hybridized carbons (Fsp3) is 0.933. The van der Waals surface area contributed by atoms with Crippen molar-refractivity contribution < 1.29 is 4.79 Å². The summed E-state index contributed by atoms with van der Waals surface area (Å²) in [6.45, 7) is 6.83. The number of rotatable bonds is 4. The van der Waals surface area contributed by atoms with Crippen LogP contribution in [0.1, 0.15) is 65.7 Å². The Morgan fingerprint density at radius 2 is 1.88 bits per heavy atom. The molecule has 2 rings (SSSR count). The highest BCUT2D eigenvalue weighted by Gasteiger charge is 2.46. The first-order valence-corrected chi connectivity index (χ1v) is 7.54. The number of hydrogen-bond acceptors (Lipinski definition) is 1. The number of hydrogen-bond donors (Lipinski definition) is 0. The number of fused-ring (bicyclic) bond motifs is 1. The van der Waals surface area contributed by atoms with Crippen molar-refractivity contribution in [2.24, 2.45) is 11.8 Å². The Balaban J connectivity index is 2.21. The fourth-order valence-corrected chi connectivity index (χ4v) is 4.10. The molecule has 0 aliphatic carbocycles. The van der Waals surface area contributed by atoms with Crippen LogP contribution in [-0.4, -0.2) is 22.9 Å². The zero-order valence-electron chi connectivity index (χ0n) is 11.6. The topological polar surface area (TPSA) is 20.3 Å². The van der Waals surface area contributed by atoms with Crippen LogP contribution < -0.4 is 0 Å². The highest BCUT2D eigenvalue weighted by atomic mass is 16.2. The van der Waals surface area contributed by atoms with Gasteiger partial charge in [-0.15, -0.1) is 0 Å². The van der Waals surface area contributed by atoms with Gasteiger partial charge >= 0.3 is 0 Å². The van der Waals surface area contributed by atoms with E-state index in [1.165, 1.54) is 32.1 Å². The van der Waals surface area contributed by atoms with Gasteiger partial charge in [-0.3, -0.25) is 4.79 Å². The van der Waals surface area contributed by atoms with Crippen LogP contribution in [0.2, 0.25) is 0 Å². The van der Waals surface area contributed by atoms with Crippen LogP contribution in [0.25, 0.3) is 0 Å². The zero-order valence-corrected chi connectivity index (χ0v) is 11.6. The molecule has 0 spiro atoms. The van der Waals surface area contributed by atoms with Crippen LogP contribution in [0.3, 0.4) is 0 Å². The standard InChI is InChI=1S/C15H27NO/c1-4-7-13-11(5-2)10-12(6-3)14-8-9-15(17)16(13)14/h11-14H,4-10H2,1-3H3/t11-,12+,13-,14+/m1/s1. The van der Waals surface area contributed by atoms with Crippen LogP contribution in [0.4, 0.5) is 0 Å². The van der Waals surface area contributed by atoms with Crippen LogP contribution >= 0.6 is 0 Å². The lowest BCUT2D eigenvalue weighted by molar-refractivity contribution is -0.136. The Morgan fingerprint density at radius 3 is 2.47 bits per heavy atom. The molecule has 2 heteroatoms. The quantitative estimate of drug-likeness (QED) is 0.731. The summed E-state index contributed by atoms with van der Waals surface area (Å²) in [5.41, 5.74) is 0. The molecule has 1 amide bonds. The third-order valence-electron chi connectivity index (χ3n) is 4.98. The van der Waals surface area contributed by atoms with Crippen LogP contribution in [0.15, 0.2) is 0 Å². The molecule has 98 valence electrons. The van der Waals surface area contributed by atoms with E-state index in [9.17, 15) is 4.79 Å². The Morgan fingerprint density at radius 1 is 1.18 bits per heavy atom. The Labute approximate surface area is 106 Å². The van der Waals surface area contributed by atoms with Gasteiger partial charge in [0, 0.05) is 18.5 Å². The van der Waals surface area contributed by atoms with Gasteiger partial charge < -0.3 is 4.90 Å². The number of nitrogens with zero attached hydrogens (tertiary/aromatic N) is 1. The molecule has 0 saturated carbocycles. The number of amides is 1. The van der Waals surface area contributed by atoms with Crippen molar-refractivity contribution in [3.05, 3.63) is 0 Å².